The van der Waals surface area contributed by atoms with Gasteiger partial charge in [-0.05, 0) is 30.3 Å². The molecule has 0 saturated heterocycles. The van der Waals surface area contributed by atoms with Gasteiger partial charge < -0.3 is 10.6 Å². The van der Waals surface area contributed by atoms with Gasteiger partial charge in [-0.25, -0.2) is 13.2 Å². The minimum absolute atomic E-state index is 0.0220. The van der Waals surface area contributed by atoms with Crippen LogP contribution < -0.4 is 15.4 Å². The van der Waals surface area contributed by atoms with Gasteiger partial charge in [-0.15, -0.1) is 0 Å². The van der Waals surface area contributed by atoms with Crippen molar-refractivity contribution >= 4 is 38.8 Å². The molecule has 0 radical (unpaired) electrons. The number of nitro benzene ring substituents is 1. The van der Waals surface area contributed by atoms with Crippen LogP contribution in [-0.2, 0) is 10.0 Å². The average Bonchev–Trinajstić information content (AvgIpc) is 2.70. The number of urea groups is 1. The smallest absolute Gasteiger partial charge is 0.308 e. The van der Waals surface area contributed by atoms with Crippen LogP contribution in [0.15, 0.2) is 83.8 Å². The third-order valence-corrected chi connectivity index (χ3v) is 5.17. The Morgan fingerprint density at radius 1 is 0.828 bits per heavy atom. The first-order valence-corrected chi connectivity index (χ1v) is 9.83. The van der Waals surface area contributed by atoms with Crippen LogP contribution >= 0.6 is 0 Å². The van der Waals surface area contributed by atoms with Crippen molar-refractivity contribution in [3.8, 4) is 0 Å². The number of carbonyl (C=O) groups excluding carboxylic acids is 1. The van der Waals surface area contributed by atoms with Crippen LogP contribution in [0.1, 0.15) is 0 Å². The number of amides is 2. The van der Waals surface area contributed by atoms with E-state index in [9.17, 15) is 23.3 Å². The Kier molecular flexibility index (Phi) is 5.74. The molecule has 0 unspecified atom stereocenters. The Morgan fingerprint density at radius 3 is 2.07 bits per heavy atom. The predicted molar refractivity (Wildman–Crippen MR) is 109 cm³/mol. The highest BCUT2D eigenvalue weighted by atomic mass is 32.2. The highest BCUT2D eigenvalue weighted by Gasteiger charge is 2.19. The lowest BCUT2D eigenvalue weighted by atomic mass is 10.2. The SMILES string of the molecule is O=C(Nc1ccccc1)Nc1ccc([N+](=O)[O-])cc1NS(=O)(=O)c1ccccc1. The molecule has 148 valence electrons. The summed E-state index contributed by atoms with van der Waals surface area (Å²) in [6.45, 7) is 0. The summed E-state index contributed by atoms with van der Waals surface area (Å²) in [6, 6.07) is 19.0. The summed E-state index contributed by atoms with van der Waals surface area (Å²) in [7, 11) is -4.02. The van der Waals surface area contributed by atoms with Gasteiger partial charge in [0.15, 0.2) is 0 Å². The molecule has 0 aliphatic carbocycles. The van der Waals surface area contributed by atoms with Crippen LogP contribution in [0.4, 0.5) is 27.5 Å². The van der Waals surface area contributed by atoms with E-state index in [1.54, 1.807) is 48.5 Å². The summed E-state index contributed by atoms with van der Waals surface area (Å²) in [5.74, 6) is 0. The van der Waals surface area contributed by atoms with Gasteiger partial charge in [0.05, 0.1) is 21.2 Å². The molecule has 0 saturated carbocycles. The molecule has 3 N–H and O–H groups in total. The standard InChI is InChI=1S/C19H16N4O5S/c24-19(20-14-7-3-1-4-8-14)21-17-12-11-15(23(25)26)13-18(17)22-29(27,28)16-9-5-2-6-10-16/h1-13,22H,(H2,20,21,24). The summed E-state index contributed by atoms with van der Waals surface area (Å²) in [6.07, 6.45) is 0. The lowest BCUT2D eigenvalue weighted by Crippen LogP contribution is -2.21. The molecule has 0 heterocycles. The maximum atomic E-state index is 12.6. The topological polar surface area (TPSA) is 130 Å². The fourth-order valence-electron chi connectivity index (χ4n) is 2.45. The van der Waals surface area contributed by atoms with E-state index < -0.39 is 21.0 Å². The van der Waals surface area contributed by atoms with Gasteiger partial charge in [0.2, 0.25) is 0 Å². The van der Waals surface area contributed by atoms with Crippen molar-refractivity contribution in [2.45, 2.75) is 4.90 Å². The number of nitro groups is 1. The third kappa shape index (κ3) is 5.08. The second-order valence-corrected chi connectivity index (χ2v) is 7.53. The largest absolute Gasteiger partial charge is 0.323 e. The second kappa shape index (κ2) is 8.40. The Balaban J connectivity index is 1.89. The number of nitrogens with zero attached hydrogens (tertiary/aromatic N) is 1. The number of non-ortho nitro benzene ring substituents is 1. The number of sulfonamides is 1. The number of rotatable bonds is 6. The number of nitrogens with one attached hydrogen (secondary N) is 3. The fourth-order valence-corrected chi connectivity index (χ4v) is 3.54. The van der Waals surface area contributed by atoms with Gasteiger partial charge in [0, 0.05) is 17.8 Å². The minimum atomic E-state index is -4.02. The van der Waals surface area contributed by atoms with E-state index >= 15 is 0 Å². The minimum Gasteiger partial charge on any atom is -0.308 e. The van der Waals surface area contributed by atoms with Crippen LogP contribution in [0.3, 0.4) is 0 Å². The zero-order valence-electron chi connectivity index (χ0n) is 14.9. The molecule has 3 aromatic carbocycles. The molecule has 0 spiro atoms. The molecule has 0 fully saturated rings. The first-order valence-electron chi connectivity index (χ1n) is 8.34. The quantitative estimate of drug-likeness (QED) is 0.415. The van der Waals surface area contributed by atoms with Gasteiger partial charge in [0.25, 0.3) is 15.7 Å². The van der Waals surface area contributed by atoms with Crippen molar-refractivity contribution in [2.75, 3.05) is 15.4 Å². The van der Waals surface area contributed by atoms with Gasteiger partial charge in [0.1, 0.15) is 0 Å². The first-order chi connectivity index (χ1) is 13.8. The Morgan fingerprint density at radius 2 is 1.45 bits per heavy atom. The predicted octanol–water partition coefficient (Wildman–Crippen LogP) is 4.04. The zero-order valence-corrected chi connectivity index (χ0v) is 15.7. The number of benzene rings is 3. The normalized spacial score (nSPS) is 10.8. The molecule has 0 aliphatic rings. The molecule has 9 nitrogen and oxygen atoms in total. The van der Waals surface area contributed by atoms with Crippen molar-refractivity contribution in [3.63, 3.8) is 0 Å². The molecule has 3 rings (SSSR count). The van der Waals surface area contributed by atoms with Crippen LogP contribution in [-0.4, -0.2) is 19.4 Å². The first kappa shape index (κ1) is 19.8. The van der Waals surface area contributed by atoms with E-state index in [2.05, 4.69) is 15.4 Å². The lowest BCUT2D eigenvalue weighted by Gasteiger charge is -2.14. The van der Waals surface area contributed by atoms with Crippen molar-refractivity contribution in [2.24, 2.45) is 0 Å². The maximum absolute atomic E-state index is 12.6. The Bertz CT molecular complexity index is 1140. The van der Waals surface area contributed by atoms with Crippen LogP contribution in [0.2, 0.25) is 0 Å². The molecule has 0 bridgehead atoms. The molecule has 29 heavy (non-hydrogen) atoms. The van der Waals surface area contributed by atoms with E-state index in [1.807, 2.05) is 0 Å². The summed E-state index contributed by atoms with van der Waals surface area (Å²) >= 11 is 0. The van der Waals surface area contributed by atoms with E-state index in [1.165, 1.54) is 24.3 Å². The van der Waals surface area contributed by atoms with Crippen molar-refractivity contribution in [1.29, 1.82) is 0 Å². The van der Waals surface area contributed by atoms with Crippen molar-refractivity contribution in [3.05, 3.63) is 89.0 Å². The van der Waals surface area contributed by atoms with Gasteiger partial charge in [-0.3, -0.25) is 14.8 Å². The van der Waals surface area contributed by atoms with Gasteiger partial charge >= 0.3 is 6.03 Å². The molecule has 2 amide bonds. The lowest BCUT2D eigenvalue weighted by molar-refractivity contribution is -0.384. The van der Waals surface area contributed by atoms with Gasteiger partial charge in [-0.2, -0.15) is 0 Å². The maximum Gasteiger partial charge on any atom is 0.323 e. The Labute approximate surface area is 166 Å². The summed E-state index contributed by atoms with van der Waals surface area (Å²) < 4.78 is 27.5. The van der Waals surface area contributed by atoms with Crippen LogP contribution in [0, 0.1) is 10.1 Å². The van der Waals surface area contributed by atoms with Crippen molar-refractivity contribution in [1.82, 2.24) is 0 Å². The number of anilines is 3. The van der Waals surface area contributed by atoms with Gasteiger partial charge in [-0.1, -0.05) is 36.4 Å². The summed E-state index contributed by atoms with van der Waals surface area (Å²) in [5.41, 5.74) is 0.123. The third-order valence-electron chi connectivity index (χ3n) is 3.79. The molecular weight excluding hydrogens is 396 g/mol. The summed E-state index contributed by atoms with van der Waals surface area (Å²) in [4.78, 5) is 22.7. The number of carbonyl (C=O) groups is 1. The highest BCUT2D eigenvalue weighted by molar-refractivity contribution is 7.92. The van der Waals surface area contributed by atoms with E-state index in [4.69, 9.17) is 0 Å². The van der Waals surface area contributed by atoms with E-state index in [0.29, 0.717) is 5.69 Å². The molecule has 3 aromatic rings. The number of hydrogen-bond donors (Lipinski definition) is 3. The fraction of sp³-hybridized carbons (Fsp3) is 0. The number of hydrogen-bond acceptors (Lipinski definition) is 5. The van der Waals surface area contributed by atoms with E-state index in [-0.39, 0.29) is 22.0 Å². The zero-order chi connectivity index (χ0) is 20.9. The van der Waals surface area contributed by atoms with Crippen LogP contribution in [0.25, 0.3) is 0 Å². The monoisotopic (exact) mass is 412 g/mol. The average molecular weight is 412 g/mol. The van der Waals surface area contributed by atoms with Crippen molar-refractivity contribution < 1.29 is 18.1 Å². The molecule has 0 atom stereocenters. The summed E-state index contributed by atoms with van der Waals surface area (Å²) in [5, 5.41) is 16.2. The van der Waals surface area contributed by atoms with Crippen LogP contribution in [0.5, 0.6) is 0 Å². The Hall–Kier alpha value is -3.92. The highest BCUT2D eigenvalue weighted by Crippen LogP contribution is 2.29. The molecule has 0 aliphatic heterocycles. The molecule has 10 heteroatoms. The molecule has 0 aromatic heterocycles. The number of para-hydroxylation sites is 1. The molecular formula is C19H16N4O5S. The van der Waals surface area contributed by atoms with E-state index in [0.717, 1.165) is 6.07 Å². The second-order valence-electron chi connectivity index (χ2n) is 5.85.